The number of aromatic hydroxyl groups is 1. The maximum atomic E-state index is 13.4. The number of phenols is 1. The lowest BCUT2D eigenvalue weighted by Gasteiger charge is -2.30. The van der Waals surface area contributed by atoms with Crippen molar-refractivity contribution in [1.29, 1.82) is 0 Å². The Morgan fingerprint density at radius 1 is 1.19 bits per heavy atom. The highest BCUT2D eigenvalue weighted by atomic mass is 32.1. The van der Waals surface area contributed by atoms with Crippen LogP contribution >= 0.6 is 11.3 Å². The van der Waals surface area contributed by atoms with Crippen molar-refractivity contribution in [2.24, 2.45) is 5.41 Å². The summed E-state index contributed by atoms with van der Waals surface area (Å²) >= 11 is 1.34. The largest absolute Gasteiger partial charge is 0.508 e. The van der Waals surface area contributed by atoms with E-state index in [4.69, 9.17) is 0 Å². The first-order valence-electron chi connectivity index (χ1n) is 8.54. The lowest BCUT2D eigenvalue weighted by Crippen LogP contribution is -2.44. The first-order valence-corrected chi connectivity index (χ1v) is 9.36. The average molecular weight is 382 g/mol. The second-order valence-corrected chi connectivity index (χ2v) is 7.99. The van der Waals surface area contributed by atoms with E-state index in [2.05, 4.69) is 4.98 Å². The number of aromatic nitrogens is 1. The number of rotatable bonds is 4. The topological polar surface area (TPSA) is 90.7 Å². The maximum Gasteiger partial charge on any atom is 0.304 e. The van der Waals surface area contributed by atoms with Gasteiger partial charge in [-0.25, -0.2) is 4.98 Å². The fraction of sp³-hybridized carbons (Fsp3) is 0.250. The fourth-order valence-electron chi connectivity index (χ4n) is 3.83. The lowest BCUT2D eigenvalue weighted by atomic mass is 9.80. The molecule has 1 heterocycles. The Kier molecular flexibility index (Phi) is 4.11. The van der Waals surface area contributed by atoms with E-state index in [9.17, 15) is 19.8 Å². The van der Waals surface area contributed by atoms with Gasteiger partial charge in [0.1, 0.15) is 5.75 Å². The van der Waals surface area contributed by atoms with Gasteiger partial charge in [0.15, 0.2) is 5.13 Å². The number of nitrogens with zero attached hydrogens (tertiary/aromatic N) is 2. The predicted octanol–water partition coefficient (Wildman–Crippen LogP) is 3.22. The van der Waals surface area contributed by atoms with Gasteiger partial charge in [0.05, 0.1) is 22.1 Å². The zero-order valence-electron chi connectivity index (χ0n) is 14.7. The summed E-state index contributed by atoms with van der Waals surface area (Å²) in [6.07, 6.45) is 0.588. The van der Waals surface area contributed by atoms with Crippen LogP contribution in [0.3, 0.4) is 0 Å². The second-order valence-electron chi connectivity index (χ2n) is 6.99. The lowest BCUT2D eigenvalue weighted by molar-refractivity contribution is -0.144. The number of phenolic OH excluding ortho intramolecular Hbond substituents is 1. The van der Waals surface area contributed by atoms with E-state index in [1.807, 2.05) is 24.3 Å². The molecule has 4 rings (SSSR count). The molecule has 1 aromatic heterocycles. The molecule has 0 saturated heterocycles. The summed E-state index contributed by atoms with van der Waals surface area (Å²) in [5, 5.41) is 19.6. The summed E-state index contributed by atoms with van der Waals surface area (Å²) in [6.45, 7) is 0. The van der Waals surface area contributed by atoms with Crippen LogP contribution in [0.2, 0.25) is 0 Å². The van der Waals surface area contributed by atoms with Crippen LogP contribution in [0.1, 0.15) is 17.5 Å². The second kappa shape index (κ2) is 6.35. The number of aliphatic carboxylic acids is 1. The van der Waals surface area contributed by atoms with E-state index in [-0.39, 0.29) is 18.1 Å². The molecule has 0 spiro atoms. The summed E-state index contributed by atoms with van der Waals surface area (Å²) in [7, 11) is 1.63. The third kappa shape index (κ3) is 3.04. The van der Waals surface area contributed by atoms with Gasteiger partial charge in [0.25, 0.3) is 0 Å². The number of benzene rings is 2. The van der Waals surface area contributed by atoms with Crippen LogP contribution in [0.15, 0.2) is 42.5 Å². The van der Waals surface area contributed by atoms with Crippen LogP contribution < -0.4 is 4.90 Å². The highest BCUT2D eigenvalue weighted by molar-refractivity contribution is 7.22. The number of amides is 1. The van der Waals surface area contributed by atoms with E-state index >= 15 is 0 Å². The Morgan fingerprint density at radius 3 is 2.48 bits per heavy atom. The molecule has 0 atom stereocenters. The van der Waals surface area contributed by atoms with Crippen molar-refractivity contribution in [2.75, 3.05) is 11.9 Å². The van der Waals surface area contributed by atoms with Gasteiger partial charge in [-0.05, 0) is 36.1 Å². The molecule has 2 aromatic carbocycles. The van der Waals surface area contributed by atoms with Gasteiger partial charge in [-0.1, -0.05) is 35.6 Å². The zero-order valence-corrected chi connectivity index (χ0v) is 15.5. The summed E-state index contributed by atoms with van der Waals surface area (Å²) in [5.41, 5.74) is 1.64. The van der Waals surface area contributed by atoms with E-state index in [1.165, 1.54) is 16.2 Å². The first-order chi connectivity index (χ1) is 12.9. The van der Waals surface area contributed by atoms with Gasteiger partial charge in [0, 0.05) is 13.1 Å². The zero-order chi connectivity index (χ0) is 19.2. The monoisotopic (exact) mass is 382 g/mol. The molecule has 3 aromatic rings. The van der Waals surface area contributed by atoms with Crippen LogP contribution in [-0.2, 0) is 22.4 Å². The molecule has 138 valence electrons. The van der Waals surface area contributed by atoms with Crippen molar-refractivity contribution in [3.05, 3.63) is 53.6 Å². The molecule has 0 bridgehead atoms. The maximum absolute atomic E-state index is 13.4. The number of carbonyl (C=O) groups is 2. The Morgan fingerprint density at radius 2 is 1.85 bits per heavy atom. The molecule has 6 nitrogen and oxygen atoms in total. The normalized spacial score (nSPS) is 14.9. The average Bonchev–Trinajstić information content (AvgIpc) is 3.20. The third-order valence-electron chi connectivity index (χ3n) is 5.07. The number of carboxylic acids is 1. The first kappa shape index (κ1) is 17.5. The van der Waals surface area contributed by atoms with Crippen molar-refractivity contribution >= 4 is 38.6 Å². The van der Waals surface area contributed by atoms with Crippen LogP contribution in [-0.4, -0.2) is 34.1 Å². The van der Waals surface area contributed by atoms with E-state index < -0.39 is 11.4 Å². The molecule has 0 unspecified atom stereocenters. The number of carboxylic acid groups (broad SMARTS) is 1. The number of fused-ring (bicyclic) bond motifs is 2. The molecule has 1 aliphatic rings. The standard InChI is InChI=1S/C20H18N2O4S/c1-22(19-21-15-8-14(23)6-7-16(15)27-19)18(26)20(11-17(24)25)9-12-4-2-3-5-13(12)10-20/h2-8,23H,9-11H2,1H3,(H,24,25). The van der Waals surface area contributed by atoms with E-state index in [0.29, 0.717) is 23.5 Å². The summed E-state index contributed by atoms with van der Waals surface area (Å²) in [6, 6.07) is 12.6. The number of anilines is 1. The minimum absolute atomic E-state index is 0.113. The van der Waals surface area contributed by atoms with Crippen LogP contribution in [0, 0.1) is 5.41 Å². The summed E-state index contributed by atoms with van der Waals surface area (Å²) < 4.78 is 0.851. The SMILES string of the molecule is CN(C(=O)C1(CC(=O)O)Cc2ccccc2C1)c1nc2cc(O)ccc2s1. The van der Waals surface area contributed by atoms with Gasteiger partial charge < -0.3 is 10.2 Å². The molecular formula is C20H18N2O4S. The van der Waals surface area contributed by atoms with Crippen molar-refractivity contribution < 1.29 is 19.8 Å². The highest BCUT2D eigenvalue weighted by Crippen LogP contribution is 2.42. The summed E-state index contributed by atoms with van der Waals surface area (Å²) in [4.78, 5) is 30.8. The molecule has 1 amide bonds. The quantitative estimate of drug-likeness (QED) is 0.723. The van der Waals surface area contributed by atoms with Gasteiger partial charge in [-0.3, -0.25) is 14.5 Å². The predicted molar refractivity (Wildman–Crippen MR) is 103 cm³/mol. The minimum Gasteiger partial charge on any atom is -0.508 e. The van der Waals surface area contributed by atoms with Crippen molar-refractivity contribution in [3.63, 3.8) is 0 Å². The molecule has 0 radical (unpaired) electrons. The van der Waals surface area contributed by atoms with Crippen LogP contribution in [0.25, 0.3) is 10.2 Å². The van der Waals surface area contributed by atoms with Gasteiger partial charge in [-0.2, -0.15) is 0 Å². The molecular weight excluding hydrogens is 364 g/mol. The molecule has 0 aliphatic heterocycles. The number of hydrogen-bond donors (Lipinski definition) is 2. The van der Waals surface area contributed by atoms with Gasteiger partial charge >= 0.3 is 5.97 Å². The molecule has 1 aliphatic carbocycles. The number of carbonyl (C=O) groups excluding carboxylic acids is 1. The van der Waals surface area contributed by atoms with E-state index in [1.54, 1.807) is 25.2 Å². The molecule has 7 heteroatoms. The summed E-state index contributed by atoms with van der Waals surface area (Å²) in [5.74, 6) is -1.12. The Bertz CT molecular complexity index is 1030. The fourth-order valence-corrected chi connectivity index (χ4v) is 4.73. The van der Waals surface area contributed by atoms with Crippen LogP contribution in [0.4, 0.5) is 5.13 Å². The van der Waals surface area contributed by atoms with Gasteiger partial charge in [-0.15, -0.1) is 0 Å². The van der Waals surface area contributed by atoms with Crippen molar-refractivity contribution in [3.8, 4) is 5.75 Å². The minimum atomic E-state index is -1.01. The van der Waals surface area contributed by atoms with Crippen molar-refractivity contribution in [2.45, 2.75) is 19.3 Å². The third-order valence-corrected chi connectivity index (χ3v) is 6.18. The van der Waals surface area contributed by atoms with Gasteiger partial charge in [0.2, 0.25) is 5.91 Å². The number of thiazole rings is 1. The molecule has 0 saturated carbocycles. The molecule has 2 N–H and O–H groups in total. The highest BCUT2D eigenvalue weighted by Gasteiger charge is 2.47. The Labute approximate surface area is 159 Å². The smallest absolute Gasteiger partial charge is 0.304 e. The molecule has 27 heavy (non-hydrogen) atoms. The van der Waals surface area contributed by atoms with Crippen molar-refractivity contribution in [1.82, 2.24) is 4.98 Å². The number of hydrogen-bond acceptors (Lipinski definition) is 5. The molecule has 0 fully saturated rings. The van der Waals surface area contributed by atoms with E-state index in [0.717, 1.165) is 15.8 Å². The Balaban J connectivity index is 1.70. The Hall–Kier alpha value is -2.93. The van der Waals surface area contributed by atoms with Crippen LogP contribution in [0.5, 0.6) is 5.75 Å².